The molecule has 0 amide bonds. The summed E-state index contributed by atoms with van der Waals surface area (Å²) in [5.74, 6) is 0.924. The Bertz CT molecular complexity index is 1340. The lowest BCUT2D eigenvalue weighted by Crippen LogP contribution is -2.29. The molecule has 0 radical (unpaired) electrons. The van der Waals surface area contributed by atoms with Crippen LogP contribution in [0.1, 0.15) is 51.4 Å². The van der Waals surface area contributed by atoms with Gasteiger partial charge < -0.3 is 14.8 Å². The van der Waals surface area contributed by atoms with Crippen LogP contribution in [0.15, 0.2) is 67.0 Å². The fourth-order valence-electron chi connectivity index (χ4n) is 5.07. The number of aryl methyl sites for hydroxylation is 4. The average molecular weight is 468 g/mol. The van der Waals surface area contributed by atoms with Gasteiger partial charge in [0.05, 0.1) is 17.8 Å². The molecule has 0 aliphatic carbocycles. The van der Waals surface area contributed by atoms with Gasteiger partial charge >= 0.3 is 0 Å². The molecule has 1 fully saturated rings. The van der Waals surface area contributed by atoms with Crippen molar-refractivity contribution < 1.29 is 0 Å². The third kappa shape index (κ3) is 3.88. The molecule has 1 aliphatic heterocycles. The summed E-state index contributed by atoms with van der Waals surface area (Å²) < 4.78 is 2.23. The summed E-state index contributed by atoms with van der Waals surface area (Å²) in [6.07, 6.45) is 3.76. The van der Waals surface area contributed by atoms with Crippen LogP contribution < -0.4 is 10.2 Å². The molecule has 3 aromatic heterocycles. The van der Waals surface area contributed by atoms with Crippen LogP contribution in [0.25, 0.3) is 5.82 Å². The van der Waals surface area contributed by atoms with Gasteiger partial charge in [-0.1, -0.05) is 18.2 Å². The van der Waals surface area contributed by atoms with Crippen LogP contribution in [0.5, 0.6) is 0 Å². The fraction of sp³-hybridized carbons (Fsp3) is 0.250. The highest BCUT2D eigenvalue weighted by Gasteiger charge is 2.42. The second-order valence-electron chi connectivity index (χ2n) is 9.20. The standard InChI is InChI=1S/C28H29N5S/c1-17-9-10-25(30-16-17)32-20(4)15-23(21(32)5)27-26(24-8-6-7-11-29-24)31-28(34)33(27)22-13-18(2)12-19(3)14-22/h6-16,26-27H,1-5H3,(H,31,34)/t26-,27+/m0/s1. The van der Waals surface area contributed by atoms with E-state index in [1.165, 1.54) is 16.7 Å². The summed E-state index contributed by atoms with van der Waals surface area (Å²) >= 11 is 5.92. The highest BCUT2D eigenvalue weighted by Crippen LogP contribution is 2.44. The number of hydrogen-bond acceptors (Lipinski definition) is 3. The number of anilines is 1. The van der Waals surface area contributed by atoms with Crippen molar-refractivity contribution in [1.29, 1.82) is 0 Å². The largest absolute Gasteiger partial charge is 0.351 e. The molecule has 4 heterocycles. The minimum absolute atomic E-state index is 0.0472. The highest BCUT2D eigenvalue weighted by molar-refractivity contribution is 7.80. The molecule has 1 aromatic carbocycles. The number of nitrogens with zero attached hydrogens (tertiary/aromatic N) is 4. The van der Waals surface area contributed by atoms with Crippen LogP contribution in [0, 0.1) is 34.6 Å². The first kappa shape index (κ1) is 22.3. The molecule has 5 nitrogen and oxygen atoms in total. The van der Waals surface area contributed by atoms with Gasteiger partial charge in [-0.05, 0) is 105 Å². The molecular weight excluding hydrogens is 438 g/mol. The number of aromatic nitrogens is 3. The molecule has 0 unspecified atom stereocenters. The molecule has 1 aliphatic rings. The summed E-state index contributed by atoms with van der Waals surface area (Å²) in [6.45, 7) is 10.6. The topological polar surface area (TPSA) is 46.0 Å². The summed E-state index contributed by atoms with van der Waals surface area (Å²) in [6, 6.07) is 19.0. The number of nitrogens with one attached hydrogen (secondary N) is 1. The third-order valence-corrected chi connectivity index (χ3v) is 6.81. The molecule has 1 saturated heterocycles. The Morgan fingerprint density at radius 3 is 2.26 bits per heavy atom. The molecule has 4 aromatic rings. The van der Waals surface area contributed by atoms with Crippen molar-refractivity contribution in [1.82, 2.24) is 19.9 Å². The predicted molar refractivity (Wildman–Crippen MR) is 142 cm³/mol. The molecule has 0 saturated carbocycles. The van der Waals surface area contributed by atoms with Gasteiger partial charge in [-0.3, -0.25) is 4.98 Å². The second kappa shape index (κ2) is 8.69. The number of hydrogen-bond donors (Lipinski definition) is 1. The van der Waals surface area contributed by atoms with E-state index in [4.69, 9.17) is 22.2 Å². The average Bonchev–Trinajstić information content (AvgIpc) is 3.30. The van der Waals surface area contributed by atoms with Gasteiger partial charge in [-0.25, -0.2) is 4.98 Å². The monoisotopic (exact) mass is 467 g/mol. The molecule has 0 bridgehead atoms. The molecule has 172 valence electrons. The first-order valence-corrected chi connectivity index (χ1v) is 11.9. The van der Waals surface area contributed by atoms with Crippen molar-refractivity contribution in [2.24, 2.45) is 0 Å². The van der Waals surface area contributed by atoms with Crippen molar-refractivity contribution in [3.8, 4) is 5.82 Å². The van der Waals surface area contributed by atoms with Gasteiger partial charge in [-0.15, -0.1) is 0 Å². The van der Waals surface area contributed by atoms with Crippen LogP contribution in [0.3, 0.4) is 0 Å². The first-order valence-electron chi connectivity index (χ1n) is 11.5. The van der Waals surface area contributed by atoms with E-state index < -0.39 is 0 Å². The zero-order chi connectivity index (χ0) is 24.0. The molecule has 34 heavy (non-hydrogen) atoms. The lowest BCUT2D eigenvalue weighted by Gasteiger charge is -2.28. The Hall–Kier alpha value is -3.51. The van der Waals surface area contributed by atoms with E-state index in [0.29, 0.717) is 5.11 Å². The normalized spacial score (nSPS) is 17.8. The lowest BCUT2D eigenvalue weighted by atomic mass is 9.96. The predicted octanol–water partition coefficient (Wildman–Crippen LogP) is 5.99. The molecule has 0 spiro atoms. The molecule has 1 N–H and O–H groups in total. The van der Waals surface area contributed by atoms with E-state index in [9.17, 15) is 0 Å². The molecular formula is C28H29N5S. The van der Waals surface area contributed by atoms with Gasteiger partial charge in [-0.2, -0.15) is 0 Å². The Morgan fingerprint density at radius 1 is 0.853 bits per heavy atom. The van der Waals surface area contributed by atoms with Gasteiger partial charge in [0.25, 0.3) is 0 Å². The van der Waals surface area contributed by atoms with E-state index >= 15 is 0 Å². The fourth-order valence-corrected chi connectivity index (χ4v) is 5.42. The van der Waals surface area contributed by atoms with Gasteiger partial charge in [0.15, 0.2) is 5.11 Å². The van der Waals surface area contributed by atoms with E-state index in [2.05, 4.69) is 91.9 Å². The van der Waals surface area contributed by atoms with Crippen LogP contribution in [-0.4, -0.2) is 19.6 Å². The molecule has 2 atom stereocenters. The van der Waals surface area contributed by atoms with Crippen LogP contribution in [0.2, 0.25) is 0 Å². The van der Waals surface area contributed by atoms with Gasteiger partial charge in [0.1, 0.15) is 5.82 Å². The van der Waals surface area contributed by atoms with Gasteiger partial charge in [0, 0.05) is 29.5 Å². The summed E-state index contributed by atoms with van der Waals surface area (Å²) in [5, 5.41) is 4.29. The lowest BCUT2D eigenvalue weighted by molar-refractivity contribution is 0.565. The Morgan fingerprint density at radius 2 is 1.62 bits per heavy atom. The minimum Gasteiger partial charge on any atom is -0.351 e. The van der Waals surface area contributed by atoms with E-state index in [1.54, 1.807) is 0 Å². The summed E-state index contributed by atoms with van der Waals surface area (Å²) in [4.78, 5) is 11.6. The Kier molecular flexibility index (Phi) is 5.70. The highest BCUT2D eigenvalue weighted by atomic mass is 32.1. The van der Waals surface area contributed by atoms with Crippen molar-refractivity contribution >= 4 is 23.0 Å². The molecule has 6 heteroatoms. The maximum absolute atomic E-state index is 5.92. The summed E-state index contributed by atoms with van der Waals surface area (Å²) in [5.41, 5.74) is 9.15. The van der Waals surface area contributed by atoms with Crippen molar-refractivity contribution in [2.45, 2.75) is 46.7 Å². The Balaban J connectivity index is 1.69. The van der Waals surface area contributed by atoms with E-state index in [-0.39, 0.29) is 12.1 Å². The van der Waals surface area contributed by atoms with Gasteiger partial charge in [0.2, 0.25) is 0 Å². The Labute approximate surface area is 206 Å². The number of thiocarbonyl (C=S) groups is 1. The van der Waals surface area contributed by atoms with Crippen molar-refractivity contribution in [2.75, 3.05) is 4.90 Å². The summed E-state index contributed by atoms with van der Waals surface area (Å²) in [7, 11) is 0. The number of pyridine rings is 2. The quantitative estimate of drug-likeness (QED) is 0.374. The SMILES string of the molecule is Cc1ccc(-n2c(C)cc([C@@H]3[C@H](c4ccccn4)NC(=S)N3c3cc(C)cc(C)c3)c2C)nc1. The first-order chi connectivity index (χ1) is 16.3. The second-order valence-corrected chi connectivity index (χ2v) is 9.58. The zero-order valence-electron chi connectivity index (χ0n) is 20.2. The van der Waals surface area contributed by atoms with Crippen molar-refractivity contribution in [3.05, 3.63) is 106 Å². The van der Waals surface area contributed by atoms with Crippen molar-refractivity contribution in [3.63, 3.8) is 0 Å². The minimum atomic E-state index is -0.0746. The van der Waals surface area contributed by atoms with E-state index in [1.807, 2.05) is 24.5 Å². The van der Waals surface area contributed by atoms with Crippen LogP contribution in [0.4, 0.5) is 5.69 Å². The number of benzene rings is 1. The third-order valence-electron chi connectivity index (χ3n) is 6.50. The van der Waals surface area contributed by atoms with Crippen LogP contribution >= 0.6 is 12.2 Å². The molecule has 5 rings (SSSR count). The number of rotatable bonds is 4. The van der Waals surface area contributed by atoms with Crippen LogP contribution in [-0.2, 0) is 0 Å². The smallest absolute Gasteiger partial charge is 0.174 e. The maximum atomic E-state index is 5.92. The maximum Gasteiger partial charge on any atom is 0.174 e. The van der Waals surface area contributed by atoms with E-state index in [0.717, 1.165) is 34.2 Å². The zero-order valence-corrected chi connectivity index (χ0v) is 21.0.